The lowest BCUT2D eigenvalue weighted by Crippen LogP contribution is -2.59. The number of alkyl halides is 2. The van der Waals surface area contributed by atoms with Gasteiger partial charge in [-0.25, -0.2) is 8.42 Å². The summed E-state index contributed by atoms with van der Waals surface area (Å²) in [5.74, 6) is 3.29. The molecule has 2 unspecified atom stereocenters. The standard InChI is InChI=1S/C52H58F2N5O12PS2/c1-51(2,3)45(56-47(62)42-27-34-26-35(19-21-41(34)73-42)52(53,54)72(66,67)68)50(65)58-29-36(28-40(58)49(64)57-23-25-74(69,70)43(31-57)33-15-10-8-11-16-33)71-24-12-7-5-4-6-9-14-32-17-13-18-37-38(32)30-59(48(37)63)39-20-22-44(60)55-46(39)61/h8,10-11,13,15-19,21,26-27,36,39-40,43,45H,4-7,12,20,22-25,28-31H2,1-3H3,(H,56,62)(H,55,60,61)(H2,66,67,68)/t36-,39?,40-,43?,45+/m0/s1. The Bertz CT molecular complexity index is 3090. The number of halogens is 2. The molecule has 0 bridgehead atoms. The number of amides is 6. The number of ether oxygens (including phenoxy) is 1. The quantitative estimate of drug-likeness (QED) is 0.0463. The van der Waals surface area contributed by atoms with Gasteiger partial charge in [-0.3, -0.25) is 38.6 Å². The van der Waals surface area contributed by atoms with Gasteiger partial charge in [0.1, 0.15) is 23.4 Å². The summed E-state index contributed by atoms with van der Waals surface area (Å²) in [5, 5.41) is 4.28. The highest BCUT2D eigenvalue weighted by Crippen LogP contribution is 2.59. The van der Waals surface area contributed by atoms with E-state index in [4.69, 9.17) is 4.74 Å². The maximum Gasteiger partial charge on any atom is 0.399 e. The van der Waals surface area contributed by atoms with Crippen molar-refractivity contribution in [3.8, 4) is 11.8 Å². The van der Waals surface area contributed by atoms with E-state index in [1.54, 1.807) is 63.2 Å². The molecule has 0 aliphatic carbocycles. The molecular weight excluding hydrogens is 1020 g/mol. The van der Waals surface area contributed by atoms with E-state index in [-0.39, 0.29) is 73.3 Å². The van der Waals surface area contributed by atoms with Crippen LogP contribution < -0.4 is 10.6 Å². The monoisotopic (exact) mass is 1080 g/mol. The molecule has 0 spiro atoms. The van der Waals surface area contributed by atoms with Crippen molar-refractivity contribution in [1.82, 2.24) is 25.3 Å². The zero-order valence-corrected chi connectivity index (χ0v) is 43.6. The minimum atomic E-state index is -5.86. The lowest BCUT2D eigenvalue weighted by atomic mass is 9.85. The molecule has 5 atom stereocenters. The van der Waals surface area contributed by atoms with Crippen LogP contribution in [0.25, 0.3) is 10.1 Å². The van der Waals surface area contributed by atoms with Crippen molar-refractivity contribution < 1.29 is 65.1 Å². The summed E-state index contributed by atoms with van der Waals surface area (Å²) in [6.07, 6.45) is 3.64. The first kappa shape index (κ1) is 54.4. The number of nitrogens with zero attached hydrogens (tertiary/aromatic N) is 3. The predicted octanol–water partition coefficient (Wildman–Crippen LogP) is 6.02. The van der Waals surface area contributed by atoms with Crippen molar-refractivity contribution in [3.63, 3.8) is 0 Å². The summed E-state index contributed by atoms with van der Waals surface area (Å²) >= 11 is 0.935. The van der Waals surface area contributed by atoms with Crippen molar-refractivity contribution in [3.05, 3.63) is 105 Å². The molecule has 0 saturated carbocycles. The number of carbonyl (C=O) groups is 6. The third-order valence-corrected chi connectivity index (χ3v) is 18.1. The van der Waals surface area contributed by atoms with Crippen LogP contribution in [-0.4, -0.2) is 125 Å². The lowest BCUT2D eigenvalue weighted by Gasteiger charge is -2.38. The number of carbonyl (C=O) groups excluding carboxylic acids is 6. The van der Waals surface area contributed by atoms with E-state index < -0.39 is 87.2 Å². The molecule has 8 rings (SSSR count). The highest BCUT2D eigenvalue weighted by molar-refractivity contribution is 7.91. The second kappa shape index (κ2) is 21.8. The number of imide groups is 1. The number of sulfone groups is 1. The first-order valence-electron chi connectivity index (χ1n) is 24.5. The van der Waals surface area contributed by atoms with Gasteiger partial charge in [-0.15, -0.1) is 11.3 Å². The van der Waals surface area contributed by atoms with Crippen molar-refractivity contribution >= 4 is 74.3 Å². The average molecular weight is 1080 g/mol. The Hall–Kier alpha value is -5.88. The Morgan fingerprint density at radius 1 is 0.973 bits per heavy atom. The highest BCUT2D eigenvalue weighted by Gasteiger charge is 2.51. The zero-order chi connectivity index (χ0) is 53.3. The number of nitrogens with one attached hydrogen (secondary N) is 2. The lowest BCUT2D eigenvalue weighted by molar-refractivity contribution is -0.146. The van der Waals surface area contributed by atoms with Gasteiger partial charge in [0.2, 0.25) is 23.6 Å². The fourth-order valence-corrected chi connectivity index (χ4v) is 13.0. The zero-order valence-electron chi connectivity index (χ0n) is 41.1. The summed E-state index contributed by atoms with van der Waals surface area (Å²) in [6, 6.07) is 15.3. The van der Waals surface area contributed by atoms with E-state index in [0.29, 0.717) is 40.8 Å². The molecule has 4 aliphatic rings. The van der Waals surface area contributed by atoms with E-state index in [1.807, 2.05) is 6.07 Å². The number of unbranched alkanes of at least 4 members (excludes halogenated alkanes) is 4. The van der Waals surface area contributed by atoms with Crippen LogP contribution in [-0.2, 0) is 50.5 Å². The predicted molar refractivity (Wildman–Crippen MR) is 270 cm³/mol. The molecule has 17 nitrogen and oxygen atoms in total. The minimum Gasteiger partial charge on any atom is -0.376 e. The molecule has 4 N–H and O–H groups in total. The fourth-order valence-electron chi connectivity index (χ4n) is 9.88. The van der Waals surface area contributed by atoms with E-state index >= 15 is 0 Å². The molecule has 394 valence electrons. The third-order valence-electron chi connectivity index (χ3n) is 14.0. The Morgan fingerprint density at radius 2 is 1.72 bits per heavy atom. The molecule has 0 radical (unpaired) electrons. The number of piperidine rings is 1. The number of thiophene rings is 1. The van der Waals surface area contributed by atoms with Crippen molar-refractivity contribution in [2.24, 2.45) is 5.41 Å². The van der Waals surface area contributed by atoms with Gasteiger partial charge in [0.15, 0.2) is 9.84 Å². The number of hydrogen-bond donors (Lipinski definition) is 4. The van der Waals surface area contributed by atoms with Gasteiger partial charge in [-0.05, 0) is 71.5 Å². The van der Waals surface area contributed by atoms with Gasteiger partial charge < -0.3 is 34.5 Å². The number of likely N-dealkylation sites (tertiary alicyclic amines) is 1. The van der Waals surface area contributed by atoms with Crippen LogP contribution in [0.3, 0.4) is 0 Å². The van der Waals surface area contributed by atoms with Crippen LogP contribution >= 0.6 is 18.9 Å². The van der Waals surface area contributed by atoms with Crippen LogP contribution in [0.15, 0.2) is 72.8 Å². The second-order valence-corrected chi connectivity index (χ2v) is 25.2. The number of fused-ring (bicyclic) bond motifs is 2. The number of benzene rings is 3. The molecule has 22 heteroatoms. The SMILES string of the molecule is CC(C)(C)[C@H](NC(=O)c1cc2cc(C(F)(F)P(=O)(O)O)ccc2s1)C(=O)N1C[C@@H](OCCCCCCC#Cc2cccc3c2CN(C2CCC(=O)NC2=O)C3=O)C[C@H]1C(=O)N1CCS(=O)(=O)C(c2ccccc2)C1. The summed E-state index contributed by atoms with van der Waals surface area (Å²) in [4.78, 5) is 104. The maximum absolute atomic E-state index is 14.9. The largest absolute Gasteiger partial charge is 0.399 e. The van der Waals surface area contributed by atoms with Crippen LogP contribution in [0.2, 0.25) is 0 Å². The summed E-state index contributed by atoms with van der Waals surface area (Å²) < 4.78 is 74.1. The molecule has 3 saturated heterocycles. The van der Waals surface area contributed by atoms with E-state index in [9.17, 15) is 60.3 Å². The Morgan fingerprint density at radius 3 is 2.43 bits per heavy atom. The van der Waals surface area contributed by atoms with Gasteiger partial charge in [-0.1, -0.05) is 87.9 Å². The molecule has 4 aromatic rings. The van der Waals surface area contributed by atoms with Gasteiger partial charge in [0, 0.05) is 73.4 Å². The topological polar surface area (TPSA) is 237 Å². The number of rotatable bonds is 15. The van der Waals surface area contributed by atoms with Crippen molar-refractivity contribution in [2.75, 3.05) is 32.0 Å². The first-order chi connectivity index (χ1) is 34.9. The molecule has 4 aliphatic heterocycles. The van der Waals surface area contributed by atoms with E-state index in [1.165, 1.54) is 26.8 Å². The van der Waals surface area contributed by atoms with Crippen LogP contribution in [0.1, 0.15) is 120 Å². The molecule has 5 heterocycles. The molecule has 1 aromatic heterocycles. The second-order valence-electron chi connectivity index (χ2n) is 20.2. The van der Waals surface area contributed by atoms with Crippen LogP contribution in [0.5, 0.6) is 0 Å². The summed E-state index contributed by atoms with van der Waals surface area (Å²) in [5.41, 5.74) is -3.82. The molecular formula is C52H58F2N5O12PS2. The van der Waals surface area contributed by atoms with Crippen molar-refractivity contribution in [2.45, 2.75) is 114 Å². The molecule has 6 amide bonds. The summed E-state index contributed by atoms with van der Waals surface area (Å²) in [7, 11) is -9.47. The molecule has 3 fully saturated rings. The smallest absolute Gasteiger partial charge is 0.376 e. The van der Waals surface area contributed by atoms with Gasteiger partial charge in [0.25, 0.3) is 11.8 Å². The number of hydrogen-bond acceptors (Lipinski definition) is 11. The summed E-state index contributed by atoms with van der Waals surface area (Å²) in [6.45, 7) is 5.55. The van der Waals surface area contributed by atoms with E-state index in [0.717, 1.165) is 48.3 Å². The molecule has 3 aromatic carbocycles. The van der Waals surface area contributed by atoms with Gasteiger partial charge in [0.05, 0.1) is 16.7 Å². The first-order valence-corrected chi connectivity index (χ1v) is 28.6. The van der Waals surface area contributed by atoms with Crippen LogP contribution in [0.4, 0.5) is 8.78 Å². The van der Waals surface area contributed by atoms with Crippen LogP contribution in [0, 0.1) is 17.3 Å². The van der Waals surface area contributed by atoms with Gasteiger partial charge in [-0.2, -0.15) is 8.78 Å². The Balaban J connectivity index is 0.910. The normalized spacial score (nSPS) is 21.5. The molecule has 74 heavy (non-hydrogen) atoms. The maximum atomic E-state index is 14.9. The Labute approximate surface area is 431 Å². The average Bonchev–Trinajstić information content (AvgIpc) is 4.07. The Kier molecular flexibility index (Phi) is 16.0. The van der Waals surface area contributed by atoms with Gasteiger partial charge >= 0.3 is 13.3 Å². The highest BCUT2D eigenvalue weighted by atomic mass is 32.2. The van der Waals surface area contributed by atoms with Crippen molar-refractivity contribution in [1.29, 1.82) is 0 Å². The third kappa shape index (κ3) is 11.7. The van der Waals surface area contributed by atoms with E-state index in [2.05, 4.69) is 22.5 Å². The minimum absolute atomic E-state index is 0.00104. The fraction of sp³-hybridized carbons (Fsp3) is 0.462.